The van der Waals surface area contributed by atoms with Crippen LogP contribution in [0.1, 0.15) is 17.3 Å². The molecule has 17 heavy (non-hydrogen) atoms. The Bertz CT molecular complexity index is 560. The highest BCUT2D eigenvalue weighted by molar-refractivity contribution is 9.10. The Labute approximate surface area is 108 Å². The lowest BCUT2D eigenvalue weighted by Gasteiger charge is -2.03. The van der Waals surface area contributed by atoms with Gasteiger partial charge in [-0.1, -0.05) is 34.1 Å². The predicted molar refractivity (Wildman–Crippen MR) is 70.2 cm³/mol. The summed E-state index contributed by atoms with van der Waals surface area (Å²) in [6.07, 6.45) is 3.53. The highest BCUT2D eigenvalue weighted by Gasteiger charge is 2.16. The van der Waals surface area contributed by atoms with E-state index in [0.717, 1.165) is 22.1 Å². The van der Waals surface area contributed by atoms with Crippen LogP contribution in [0.4, 0.5) is 0 Å². The average Bonchev–Trinajstić information content (AvgIpc) is 2.73. The molecular weight excluding hydrogens is 282 g/mol. The van der Waals surface area contributed by atoms with Gasteiger partial charge in [0.2, 0.25) is 0 Å². The summed E-state index contributed by atoms with van der Waals surface area (Å²) in [6.45, 7) is 2.74. The number of carboxylic acids is 1. The fourth-order valence-electron chi connectivity index (χ4n) is 1.76. The lowest BCUT2D eigenvalue weighted by molar-refractivity contribution is 0.0697. The fourth-order valence-corrected chi connectivity index (χ4v) is 2.25. The number of halogens is 1. The Morgan fingerprint density at radius 2 is 2.00 bits per heavy atom. The fraction of sp³-hybridized carbons (Fsp3) is 0.154. The van der Waals surface area contributed by atoms with Gasteiger partial charge in [-0.2, -0.15) is 0 Å². The molecule has 0 saturated carbocycles. The molecule has 0 aliphatic rings. The number of nitrogens with zero attached hydrogens (tertiary/aromatic N) is 1. The molecule has 0 atom stereocenters. The van der Waals surface area contributed by atoms with Crippen molar-refractivity contribution in [2.45, 2.75) is 13.5 Å². The van der Waals surface area contributed by atoms with Crippen LogP contribution in [-0.2, 0) is 6.54 Å². The largest absolute Gasteiger partial charge is 0.478 e. The third-order valence-corrected chi connectivity index (χ3v) is 3.33. The molecule has 4 heteroatoms. The molecular formula is C13H12BrNO2. The Kier molecular flexibility index (Phi) is 3.33. The maximum absolute atomic E-state index is 11.2. The second-order valence-corrected chi connectivity index (χ2v) is 4.56. The van der Waals surface area contributed by atoms with E-state index in [9.17, 15) is 9.90 Å². The van der Waals surface area contributed by atoms with E-state index in [1.54, 1.807) is 6.20 Å². The Morgan fingerprint density at radius 1 is 1.29 bits per heavy atom. The summed E-state index contributed by atoms with van der Waals surface area (Å²) >= 11 is 3.45. The van der Waals surface area contributed by atoms with E-state index >= 15 is 0 Å². The van der Waals surface area contributed by atoms with E-state index in [1.165, 1.54) is 0 Å². The van der Waals surface area contributed by atoms with Gasteiger partial charge in [0.05, 0.1) is 5.56 Å². The van der Waals surface area contributed by atoms with Crippen LogP contribution in [0, 0.1) is 0 Å². The molecule has 2 rings (SSSR count). The van der Waals surface area contributed by atoms with E-state index < -0.39 is 5.97 Å². The standard InChI is InChI=1S/C13H12BrNO2/c1-2-15-7-10(11(8-15)13(16)17)9-5-3-4-6-12(9)14/h3-8H,2H2,1H3,(H,16,17). The molecule has 0 aliphatic carbocycles. The van der Waals surface area contributed by atoms with Crippen molar-refractivity contribution in [3.63, 3.8) is 0 Å². The van der Waals surface area contributed by atoms with Gasteiger partial charge in [-0.15, -0.1) is 0 Å². The third kappa shape index (κ3) is 2.26. The topological polar surface area (TPSA) is 42.2 Å². The van der Waals surface area contributed by atoms with Gasteiger partial charge in [0, 0.05) is 29.0 Å². The second-order valence-electron chi connectivity index (χ2n) is 3.70. The molecule has 88 valence electrons. The Hall–Kier alpha value is -1.55. The number of rotatable bonds is 3. The summed E-state index contributed by atoms with van der Waals surface area (Å²) in [7, 11) is 0. The first kappa shape index (κ1) is 11.9. The molecule has 0 bridgehead atoms. The van der Waals surface area contributed by atoms with Crippen molar-refractivity contribution in [3.8, 4) is 11.1 Å². The van der Waals surface area contributed by atoms with Crippen LogP contribution in [0.15, 0.2) is 41.1 Å². The van der Waals surface area contributed by atoms with Gasteiger partial charge in [0.25, 0.3) is 0 Å². The Morgan fingerprint density at radius 3 is 2.59 bits per heavy atom. The number of benzene rings is 1. The van der Waals surface area contributed by atoms with Crippen LogP contribution >= 0.6 is 15.9 Å². The monoisotopic (exact) mass is 293 g/mol. The number of hydrogen-bond donors (Lipinski definition) is 1. The molecule has 0 unspecified atom stereocenters. The molecule has 0 saturated heterocycles. The summed E-state index contributed by atoms with van der Waals surface area (Å²) in [6, 6.07) is 7.62. The summed E-state index contributed by atoms with van der Waals surface area (Å²) < 4.78 is 2.77. The van der Waals surface area contributed by atoms with Crippen molar-refractivity contribution < 1.29 is 9.90 Å². The maximum Gasteiger partial charge on any atom is 0.337 e. The van der Waals surface area contributed by atoms with Gasteiger partial charge >= 0.3 is 5.97 Å². The minimum Gasteiger partial charge on any atom is -0.478 e. The van der Waals surface area contributed by atoms with E-state index in [1.807, 2.05) is 42.0 Å². The minimum absolute atomic E-state index is 0.332. The maximum atomic E-state index is 11.2. The number of carbonyl (C=O) groups is 1. The van der Waals surface area contributed by atoms with Gasteiger partial charge < -0.3 is 9.67 Å². The molecule has 0 spiro atoms. The summed E-state index contributed by atoms with van der Waals surface area (Å²) in [5.41, 5.74) is 1.97. The van der Waals surface area contributed by atoms with Crippen molar-refractivity contribution >= 4 is 21.9 Å². The van der Waals surface area contributed by atoms with Gasteiger partial charge in [0.15, 0.2) is 0 Å². The molecule has 1 aromatic heterocycles. The van der Waals surface area contributed by atoms with Crippen molar-refractivity contribution in [2.75, 3.05) is 0 Å². The molecule has 0 aliphatic heterocycles. The molecule has 3 nitrogen and oxygen atoms in total. The average molecular weight is 294 g/mol. The zero-order valence-corrected chi connectivity index (χ0v) is 10.9. The van der Waals surface area contributed by atoms with Crippen LogP contribution in [0.25, 0.3) is 11.1 Å². The summed E-state index contributed by atoms with van der Waals surface area (Å²) in [5, 5.41) is 9.20. The van der Waals surface area contributed by atoms with Gasteiger partial charge in [-0.25, -0.2) is 4.79 Å². The van der Waals surface area contributed by atoms with Gasteiger partial charge in [-0.05, 0) is 18.6 Å². The van der Waals surface area contributed by atoms with E-state index in [2.05, 4.69) is 15.9 Å². The molecule has 0 fully saturated rings. The zero-order valence-electron chi connectivity index (χ0n) is 9.35. The minimum atomic E-state index is -0.900. The highest BCUT2D eigenvalue weighted by Crippen LogP contribution is 2.31. The zero-order chi connectivity index (χ0) is 12.4. The molecule has 0 radical (unpaired) electrons. The molecule has 0 amide bonds. The summed E-state index contributed by atoms with van der Waals surface area (Å²) in [4.78, 5) is 11.2. The van der Waals surface area contributed by atoms with Crippen LogP contribution in [0.3, 0.4) is 0 Å². The van der Waals surface area contributed by atoms with E-state index in [4.69, 9.17) is 0 Å². The molecule has 1 heterocycles. The number of aryl methyl sites for hydroxylation is 1. The normalized spacial score (nSPS) is 10.5. The quantitative estimate of drug-likeness (QED) is 0.939. The van der Waals surface area contributed by atoms with Crippen molar-refractivity contribution in [3.05, 3.63) is 46.7 Å². The number of hydrogen-bond acceptors (Lipinski definition) is 1. The van der Waals surface area contributed by atoms with Crippen LogP contribution in [-0.4, -0.2) is 15.6 Å². The first-order valence-electron chi connectivity index (χ1n) is 5.31. The Balaban J connectivity index is 2.62. The van der Waals surface area contributed by atoms with Crippen molar-refractivity contribution in [1.29, 1.82) is 0 Å². The lowest BCUT2D eigenvalue weighted by Crippen LogP contribution is -1.96. The molecule has 2 aromatic rings. The number of aromatic carboxylic acids is 1. The lowest BCUT2D eigenvalue weighted by atomic mass is 10.1. The van der Waals surface area contributed by atoms with Crippen molar-refractivity contribution in [1.82, 2.24) is 4.57 Å². The highest BCUT2D eigenvalue weighted by atomic mass is 79.9. The molecule has 1 aromatic carbocycles. The van der Waals surface area contributed by atoms with Gasteiger partial charge in [0.1, 0.15) is 0 Å². The van der Waals surface area contributed by atoms with Crippen LogP contribution in [0.5, 0.6) is 0 Å². The predicted octanol–water partition coefficient (Wildman–Crippen LogP) is 3.64. The first-order chi connectivity index (χ1) is 8.13. The smallest absolute Gasteiger partial charge is 0.337 e. The first-order valence-corrected chi connectivity index (χ1v) is 6.10. The number of carboxylic acid groups (broad SMARTS) is 1. The van der Waals surface area contributed by atoms with Crippen molar-refractivity contribution in [2.24, 2.45) is 0 Å². The number of aromatic nitrogens is 1. The third-order valence-electron chi connectivity index (χ3n) is 2.64. The van der Waals surface area contributed by atoms with E-state index in [-0.39, 0.29) is 0 Å². The van der Waals surface area contributed by atoms with Crippen LogP contribution < -0.4 is 0 Å². The van der Waals surface area contributed by atoms with E-state index in [0.29, 0.717) is 5.56 Å². The molecule has 1 N–H and O–H groups in total. The van der Waals surface area contributed by atoms with Crippen LogP contribution in [0.2, 0.25) is 0 Å². The SMILES string of the molecule is CCn1cc(C(=O)O)c(-c2ccccc2Br)c1. The second kappa shape index (κ2) is 4.75. The summed E-state index contributed by atoms with van der Waals surface area (Å²) in [5.74, 6) is -0.900. The van der Waals surface area contributed by atoms with Gasteiger partial charge in [-0.3, -0.25) is 0 Å².